The normalized spacial score (nSPS) is 10.6. The Morgan fingerprint density at radius 1 is 1.16 bits per heavy atom. The van der Waals surface area contributed by atoms with Crippen LogP contribution in [-0.2, 0) is 4.79 Å². The van der Waals surface area contributed by atoms with E-state index in [0.717, 1.165) is 29.0 Å². The first-order chi connectivity index (χ1) is 9.24. The summed E-state index contributed by atoms with van der Waals surface area (Å²) in [6.07, 6.45) is 0. The molecule has 0 saturated heterocycles. The van der Waals surface area contributed by atoms with E-state index in [1.165, 1.54) is 11.8 Å². The lowest BCUT2D eigenvalue weighted by atomic mass is 10.2. The second-order valence-electron chi connectivity index (χ2n) is 4.20. The summed E-state index contributed by atoms with van der Waals surface area (Å²) in [7, 11) is 0. The first-order valence-corrected chi connectivity index (χ1v) is 7.49. The van der Waals surface area contributed by atoms with E-state index >= 15 is 0 Å². The molecule has 0 fully saturated rings. The number of rotatable bonds is 5. The van der Waals surface area contributed by atoms with Crippen LogP contribution in [0.5, 0.6) is 0 Å². The van der Waals surface area contributed by atoms with Crippen molar-refractivity contribution < 1.29 is 4.79 Å². The average molecular weight is 274 g/mol. The van der Waals surface area contributed by atoms with Crippen molar-refractivity contribution in [2.24, 2.45) is 0 Å². The molecule has 100 valence electrons. The molecule has 0 aliphatic heterocycles. The number of carbonyl (C=O) groups excluding carboxylic acids is 1. The number of amides is 1. The SMILES string of the molecule is CCN(CC)C(=O)CSc1ccc2ccccc2n1. The lowest BCUT2D eigenvalue weighted by molar-refractivity contribution is -0.127. The Balaban J connectivity index is 2.03. The molecular formula is C15H18N2OS. The van der Waals surface area contributed by atoms with Crippen molar-refractivity contribution in [3.63, 3.8) is 0 Å². The van der Waals surface area contributed by atoms with E-state index in [2.05, 4.69) is 4.98 Å². The number of fused-ring (bicyclic) bond motifs is 1. The monoisotopic (exact) mass is 274 g/mol. The molecule has 1 heterocycles. The van der Waals surface area contributed by atoms with Gasteiger partial charge in [0.15, 0.2) is 0 Å². The summed E-state index contributed by atoms with van der Waals surface area (Å²) < 4.78 is 0. The maximum absolute atomic E-state index is 11.9. The first-order valence-electron chi connectivity index (χ1n) is 6.51. The molecule has 0 aliphatic carbocycles. The van der Waals surface area contributed by atoms with Crippen LogP contribution >= 0.6 is 11.8 Å². The maximum Gasteiger partial charge on any atom is 0.232 e. The molecule has 19 heavy (non-hydrogen) atoms. The van der Waals surface area contributed by atoms with Crippen LogP contribution in [0.4, 0.5) is 0 Å². The van der Waals surface area contributed by atoms with Gasteiger partial charge in [-0.3, -0.25) is 4.79 Å². The van der Waals surface area contributed by atoms with Crippen molar-refractivity contribution in [3.05, 3.63) is 36.4 Å². The Bertz CT molecular complexity index is 567. The highest BCUT2D eigenvalue weighted by Crippen LogP contribution is 2.20. The molecule has 0 saturated carbocycles. The lowest BCUT2D eigenvalue weighted by Gasteiger charge is -2.17. The summed E-state index contributed by atoms with van der Waals surface area (Å²) in [4.78, 5) is 18.3. The quantitative estimate of drug-likeness (QED) is 0.785. The van der Waals surface area contributed by atoms with Gasteiger partial charge in [0.1, 0.15) is 0 Å². The van der Waals surface area contributed by atoms with Crippen molar-refractivity contribution in [1.29, 1.82) is 0 Å². The van der Waals surface area contributed by atoms with Crippen LogP contribution in [0.25, 0.3) is 10.9 Å². The summed E-state index contributed by atoms with van der Waals surface area (Å²) >= 11 is 1.50. The van der Waals surface area contributed by atoms with Gasteiger partial charge < -0.3 is 4.90 Å². The van der Waals surface area contributed by atoms with Gasteiger partial charge in [-0.25, -0.2) is 4.98 Å². The van der Waals surface area contributed by atoms with Gasteiger partial charge in [-0.15, -0.1) is 0 Å². The first kappa shape index (κ1) is 13.9. The Labute approximate surface area is 118 Å². The number of carbonyl (C=O) groups is 1. The minimum Gasteiger partial charge on any atom is -0.343 e. The largest absolute Gasteiger partial charge is 0.343 e. The fourth-order valence-corrected chi connectivity index (χ4v) is 2.71. The second-order valence-corrected chi connectivity index (χ2v) is 5.19. The third kappa shape index (κ3) is 3.47. The fourth-order valence-electron chi connectivity index (χ4n) is 1.93. The number of pyridine rings is 1. The van der Waals surface area contributed by atoms with E-state index in [4.69, 9.17) is 0 Å². The predicted octanol–water partition coefficient (Wildman–Crippen LogP) is 3.20. The molecule has 0 spiro atoms. The van der Waals surface area contributed by atoms with Crippen molar-refractivity contribution in [2.45, 2.75) is 18.9 Å². The summed E-state index contributed by atoms with van der Waals surface area (Å²) in [6, 6.07) is 12.0. The van der Waals surface area contributed by atoms with Crippen LogP contribution in [0.2, 0.25) is 0 Å². The number of nitrogens with zero attached hydrogens (tertiary/aromatic N) is 2. The third-order valence-electron chi connectivity index (χ3n) is 3.03. The predicted molar refractivity (Wildman–Crippen MR) is 80.4 cm³/mol. The molecule has 0 bridgehead atoms. The Morgan fingerprint density at radius 2 is 1.89 bits per heavy atom. The highest BCUT2D eigenvalue weighted by molar-refractivity contribution is 7.99. The number of hydrogen-bond acceptors (Lipinski definition) is 3. The van der Waals surface area contributed by atoms with Gasteiger partial charge in [-0.05, 0) is 26.0 Å². The van der Waals surface area contributed by atoms with E-state index in [0.29, 0.717) is 5.75 Å². The van der Waals surface area contributed by atoms with E-state index < -0.39 is 0 Å². The molecule has 0 radical (unpaired) electrons. The van der Waals surface area contributed by atoms with Crippen LogP contribution in [-0.4, -0.2) is 34.6 Å². The van der Waals surface area contributed by atoms with E-state index in [1.807, 2.05) is 55.1 Å². The molecule has 0 unspecified atom stereocenters. The fraction of sp³-hybridized carbons (Fsp3) is 0.333. The van der Waals surface area contributed by atoms with Gasteiger partial charge >= 0.3 is 0 Å². The van der Waals surface area contributed by atoms with Gasteiger partial charge in [0.2, 0.25) is 5.91 Å². The zero-order valence-electron chi connectivity index (χ0n) is 11.3. The Kier molecular flexibility index (Phi) is 4.80. The molecular weight excluding hydrogens is 256 g/mol. The van der Waals surface area contributed by atoms with Crippen LogP contribution in [0.15, 0.2) is 41.4 Å². The molecule has 0 aliphatic rings. The number of hydrogen-bond donors (Lipinski definition) is 0. The number of benzene rings is 1. The molecule has 2 aromatic rings. The van der Waals surface area contributed by atoms with Crippen molar-refractivity contribution >= 4 is 28.6 Å². The lowest BCUT2D eigenvalue weighted by Crippen LogP contribution is -2.31. The molecule has 1 aromatic carbocycles. The van der Waals surface area contributed by atoms with E-state index in [1.54, 1.807) is 0 Å². The molecule has 4 heteroatoms. The maximum atomic E-state index is 11.9. The zero-order valence-corrected chi connectivity index (χ0v) is 12.1. The Morgan fingerprint density at radius 3 is 2.63 bits per heavy atom. The highest BCUT2D eigenvalue weighted by Gasteiger charge is 2.10. The van der Waals surface area contributed by atoms with E-state index in [-0.39, 0.29) is 5.91 Å². The van der Waals surface area contributed by atoms with Crippen LogP contribution in [0.3, 0.4) is 0 Å². The molecule has 2 rings (SSSR count). The smallest absolute Gasteiger partial charge is 0.232 e. The number of thioether (sulfide) groups is 1. The summed E-state index contributed by atoms with van der Waals surface area (Å²) in [6.45, 7) is 5.53. The third-order valence-corrected chi connectivity index (χ3v) is 3.95. The number of aromatic nitrogens is 1. The minimum atomic E-state index is 0.171. The molecule has 3 nitrogen and oxygen atoms in total. The molecule has 1 aromatic heterocycles. The molecule has 0 atom stereocenters. The summed E-state index contributed by atoms with van der Waals surface area (Å²) in [5.74, 6) is 0.623. The number of para-hydroxylation sites is 1. The van der Waals surface area contributed by atoms with Crippen molar-refractivity contribution in [2.75, 3.05) is 18.8 Å². The van der Waals surface area contributed by atoms with Crippen LogP contribution < -0.4 is 0 Å². The van der Waals surface area contributed by atoms with Crippen molar-refractivity contribution in [1.82, 2.24) is 9.88 Å². The van der Waals surface area contributed by atoms with Crippen molar-refractivity contribution in [3.8, 4) is 0 Å². The molecule has 0 N–H and O–H groups in total. The van der Waals surface area contributed by atoms with Gasteiger partial charge in [0, 0.05) is 18.5 Å². The highest BCUT2D eigenvalue weighted by atomic mass is 32.2. The summed E-state index contributed by atoms with van der Waals surface area (Å²) in [5.41, 5.74) is 0.975. The Hall–Kier alpha value is -1.55. The summed E-state index contributed by atoms with van der Waals surface area (Å²) in [5, 5.41) is 2.03. The zero-order chi connectivity index (χ0) is 13.7. The minimum absolute atomic E-state index is 0.171. The second kappa shape index (κ2) is 6.57. The topological polar surface area (TPSA) is 33.2 Å². The van der Waals surface area contributed by atoms with Gasteiger partial charge in [0.05, 0.1) is 16.3 Å². The van der Waals surface area contributed by atoms with Crippen LogP contribution in [0, 0.1) is 0 Å². The van der Waals surface area contributed by atoms with Gasteiger partial charge in [-0.1, -0.05) is 36.0 Å². The van der Waals surface area contributed by atoms with Gasteiger partial charge in [0.25, 0.3) is 0 Å². The average Bonchev–Trinajstić information content (AvgIpc) is 2.46. The van der Waals surface area contributed by atoms with Crippen LogP contribution in [0.1, 0.15) is 13.8 Å². The standard InChI is InChI=1S/C15H18N2OS/c1-3-17(4-2)15(18)11-19-14-10-9-12-7-5-6-8-13(12)16-14/h5-10H,3-4,11H2,1-2H3. The van der Waals surface area contributed by atoms with E-state index in [9.17, 15) is 4.79 Å². The molecule has 1 amide bonds. The van der Waals surface area contributed by atoms with Gasteiger partial charge in [-0.2, -0.15) is 0 Å².